The molecule has 0 bridgehead atoms. The fraction of sp³-hybridized carbons (Fsp3) is 0.667. The molecule has 1 fully saturated rings. The predicted octanol–water partition coefficient (Wildman–Crippen LogP) is 2.93. The number of aryl methyl sites for hydroxylation is 2. The number of hydrogen-bond donors (Lipinski definition) is 2. The topological polar surface area (TPSA) is 49.5 Å². The van der Waals surface area contributed by atoms with Crippen LogP contribution in [0.2, 0.25) is 0 Å². The summed E-state index contributed by atoms with van der Waals surface area (Å²) in [6.07, 6.45) is 5.83. The average molecular weight is 290 g/mol. The maximum atomic E-state index is 9.05. The average Bonchev–Trinajstić information content (AvgIpc) is 2.38. The standard InChI is InChI=1S/C18H30N2O/c1-14-11-15(2)13-16(12-14)18(19)7-9-20(8-4-10-21)17-5-3-6-17/h11-13,17-18,21H,3-10,19H2,1-2H3. The van der Waals surface area contributed by atoms with Gasteiger partial charge in [-0.25, -0.2) is 0 Å². The molecule has 1 atom stereocenters. The molecule has 0 saturated heterocycles. The molecule has 118 valence electrons. The van der Waals surface area contributed by atoms with E-state index in [0.717, 1.165) is 32.0 Å². The van der Waals surface area contributed by atoms with Crippen LogP contribution < -0.4 is 5.73 Å². The summed E-state index contributed by atoms with van der Waals surface area (Å²) >= 11 is 0. The molecule has 0 aliphatic heterocycles. The maximum Gasteiger partial charge on any atom is 0.0443 e. The molecule has 0 amide bonds. The first-order valence-electron chi connectivity index (χ1n) is 8.29. The van der Waals surface area contributed by atoms with Crippen LogP contribution in [-0.2, 0) is 0 Å². The number of aliphatic hydroxyl groups is 1. The van der Waals surface area contributed by atoms with Crippen LogP contribution >= 0.6 is 0 Å². The van der Waals surface area contributed by atoms with Crippen LogP contribution in [0.4, 0.5) is 0 Å². The van der Waals surface area contributed by atoms with Crippen molar-refractivity contribution in [1.29, 1.82) is 0 Å². The number of aliphatic hydroxyl groups excluding tert-OH is 1. The van der Waals surface area contributed by atoms with E-state index in [9.17, 15) is 0 Å². The highest BCUT2D eigenvalue weighted by Gasteiger charge is 2.24. The van der Waals surface area contributed by atoms with E-state index in [1.165, 1.54) is 36.0 Å². The zero-order valence-corrected chi connectivity index (χ0v) is 13.5. The lowest BCUT2D eigenvalue weighted by Gasteiger charge is -2.38. The number of rotatable bonds is 8. The van der Waals surface area contributed by atoms with Crippen molar-refractivity contribution in [2.75, 3.05) is 19.7 Å². The lowest BCUT2D eigenvalue weighted by Crippen LogP contribution is -2.42. The largest absolute Gasteiger partial charge is 0.396 e. The summed E-state index contributed by atoms with van der Waals surface area (Å²) in [4.78, 5) is 2.53. The van der Waals surface area contributed by atoms with E-state index in [2.05, 4.69) is 36.9 Å². The van der Waals surface area contributed by atoms with Crippen molar-refractivity contribution >= 4 is 0 Å². The minimum Gasteiger partial charge on any atom is -0.396 e. The SMILES string of the molecule is Cc1cc(C)cc(C(N)CCN(CCCO)C2CCC2)c1. The molecule has 3 heteroatoms. The zero-order chi connectivity index (χ0) is 15.2. The molecule has 0 radical (unpaired) electrons. The fourth-order valence-corrected chi connectivity index (χ4v) is 3.20. The van der Waals surface area contributed by atoms with Gasteiger partial charge in [0.2, 0.25) is 0 Å². The molecular formula is C18H30N2O. The smallest absolute Gasteiger partial charge is 0.0443 e. The van der Waals surface area contributed by atoms with E-state index < -0.39 is 0 Å². The van der Waals surface area contributed by atoms with Crippen molar-refractivity contribution < 1.29 is 5.11 Å². The number of nitrogens with two attached hydrogens (primary N) is 1. The highest BCUT2D eigenvalue weighted by atomic mass is 16.3. The summed E-state index contributed by atoms with van der Waals surface area (Å²) in [5.74, 6) is 0. The number of benzene rings is 1. The Balaban J connectivity index is 1.89. The molecule has 1 unspecified atom stereocenters. The number of hydrogen-bond acceptors (Lipinski definition) is 3. The van der Waals surface area contributed by atoms with Gasteiger partial charge in [0, 0.05) is 31.8 Å². The van der Waals surface area contributed by atoms with E-state index in [1.54, 1.807) is 0 Å². The van der Waals surface area contributed by atoms with Crippen LogP contribution in [0.15, 0.2) is 18.2 Å². The van der Waals surface area contributed by atoms with Crippen molar-refractivity contribution in [3.05, 3.63) is 34.9 Å². The Bertz CT molecular complexity index is 423. The second-order valence-electron chi connectivity index (χ2n) is 6.51. The molecule has 1 aliphatic carbocycles. The molecule has 1 saturated carbocycles. The van der Waals surface area contributed by atoms with Gasteiger partial charge >= 0.3 is 0 Å². The monoisotopic (exact) mass is 290 g/mol. The van der Waals surface area contributed by atoms with Crippen molar-refractivity contribution in [1.82, 2.24) is 4.90 Å². The van der Waals surface area contributed by atoms with E-state index in [1.807, 2.05) is 0 Å². The molecule has 0 aromatic heterocycles. The molecular weight excluding hydrogens is 260 g/mol. The van der Waals surface area contributed by atoms with Gasteiger partial charge in [-0.05, 0) is 45.1 Å². The summed E-state index contributed by atoms with van der Waals surface area (Å²) in [5, 5.41) is 9.05. The van der Waals surface area contributed by atoms with E-state index in [4.69, 9.17) is 10.8 Å². The molecule has 1 aromatic rings. The minimum atomic E-state index is 0.111. The summed E-state index contributed by atoms with van der Waals surface area (Å²) in [5.41, 5.74) is 10.2. The van der Waals surface area contributed by atoms with Crippen molar-refractivity contribution in [3.63, 3.8) is 0 Å². The lowest BCUT2D eigenvalue weighted by molar-refractivity contribution is 0.113. The van der Waals surface area contributed by atoms with Gasteiger partial charge in [0.15, 0.2) is 0 Å². The Hall–Kier alpha value is -0.900. The van der Waals surface area contributed by atoms with Crippen LogP contribution in [-0.4, -0.2) is 35.7 Å². The molecule has 0 spiro atoms. The highest BCUT2D eigenvalue weighted by Crippen LogP contribution is 2.26. The van der Waals surface area contributed by atoms with Gasteiger partial charge in [-0.2, -0.15) is 0 Å². The van der Waals surface area contributed by atoms with Gasteiger partial charge in [-0.15, -0.1) is 0 Å². The van der Waals surface area contributed by atoms with Crippen LogP contribution in [0.5, 0.6) is 0 Å². The first-order chi connectivity index (χ1) is 10.1. The third-order valence-electron chi connectivity index (χ3n) is 4.59. The van der Waals surface area contributed by atoms with Gasteiger partial charge < -0.3 is 15.7 Å². The Morgan fingerprint density at radius 2 is 1.86 bits per heavy atom. The quantitative estimate of drug-likeness (QED) is 0.774. The predicted molar refractivity (Wildman–Crippen MR) is 88.4 cm³/mol. The van der Waals surface area contributed by atoms with E-state index in [0.29, 0.717) is 0 Å². The van der Waals surface area contributed by atoms with Crippen LogP contribution in [0.3, 0.4) is 0 Å². The van der Waals surface area contributed by atoms with Crippen molar-refractivity contribution in [2.45, 2.75) is 58.0 Å². The molecule has 3 N–H and O–H groups in total. The zero-order valence-electron chi connectivity index (χ0n) is 13.5. The Kier molecular flexibility index (Phi) is 6.22. The van der Waals surface area contributed by atoms with Crippen molar-refractivity contribution in [3.8, 4) is 0 Å². The molecule has 21 heavy (non-hydrogen) atoms. The van der Waals surface area contributed by atoms with E-state index >= 15 is 0 Å². The van der Waals surface area contributed by atoms with Crippen molar-refractivity contribution in [2.24, 2.45) is 5.73 Å². The summed E-state index contributed by atoms with van der Waals surface area (Å²) in [6, 6.07) is 7.44. The second kappa shape index (κ2) is 7.92. The maximum absolute atomic E-state index is 9.05. The van der Waals surface area contributed by atoms with Gasteiger partial charge in [-0.3, -0.25) is 0 Å². The summed E-state index contributed by atoms with van der Waals surface area (Å²) in [7, 11) is 0. The van der Waals surface area contributed by atoms with Crippen LogP contribution in [0, 0.1) is 13.8 Å². The fourth-order valence-electron chi connectivity index (χ4n) is 3.20. The highest BCUT2D eigenvalue weighted by molar-refractivity contribution is 5.30. The normalized spacial score (nSPS) is 17.0. The van der Waals surface area contributed by atoms with Gasteiger partial charge in [-0.1, -0.05) is 35.7 Å². The Morgan fingerprint density at radius 1 is 1.19 bits per heavy atom. The first kappa shape index (κ1) is 16.5. The Morgan fingerprint density at radius 3 is 2.38 bits per heavy atom. The summed E-state index contributed by atoms with van der Waals surface area (Å²) in [6.45, 7) is 6.59. The minimum absolute atomic E-state index is 0.111. The lowest BCUT2D eigenvalue weighted by atomic mass is 9.90. The van der Waals surface area contributed by atoms with E-state index in [-0.39, 0.29) is 12.6 Å². The van der Waals surface area contributed by atoms with Crippen LogP contribution in [0.25, 0.3) is 0 Å². The molecule has 1 aliphatic rings. The third kappa shape index (κ3) is 4.80. The molecule has 1 aromatic carbocycles. The molecule has 3 nitrogen and oxygen atoms in total. The van der Waals surface area contributed by atoms with Gasteiger partial charge in [0.05, 0.1) is 0 Å². The third-order valence-corrected chi connectivity index (χ3v) is 4.59. The second-order valence-corrected chi connectivity index (χ2v) is 6.51. The van der Waals surface area contributed by atoms with Gasteiger partial charge in [0.1, 0.15) is 0 Å². The number of nitrogens with zero attached hydrogens (tertiary/aromatic N) is 1. The molecule has 0 heterocycles. The Labute approximate surface area is 129 Å². The first-order valence-corrected chi connectivity index (χ1v) is 8.29. The van der Waals surface area contributed by atoms with Crippen LogP contribution in [0.1, 0.15) is 54.8 Å². The summed E-state index contributed by atoms with van der Waals surface area (Å²) < 4.78 is 0. The molecule has 2 rings (SSSR count). The van der Waals surface area contributed by atoms with Gasteiger partial charge in [0.25, 0.3) is 0 Å².